The second-order valence-electron chi connectivity index (χ2n) is 3.54. The summed E-state index contributed by atoms with van der Waals surface area (Å²) >= 11 is 5.16. The minimum absolute atomic E-state index is 0.133. The average Bonchev–Trinajstić information content (AvgIpc) is 2.52. The van der Waals surface area contributed by atoms with Crippen molar-refractivity contribution in [3.8, 4) is 0 Å². The zero-order valence-corrected chi connectivity index (χ0v) is 9.99. The standard InChI is InChI=1S/C9H14BrNOS/c1-9(5-11,6-12)4-8-7(10)2-3-13-8/h2-3,12H,4-6,11H2,1H3. The largest absolute Gasteiger partial charge is 0.396 e. The number of hydrogen-bond acceptors (Lipinski definition) is 3. The Morgan fingerprint density at radius 1 is 1.69 bits per heavy atom. The number of halogens is 1. The maximum absolute atomic E-state index is 9.18. The summed E-state index contributed by atoms with van der Waals surface area (Å²) < 4.78 is 1.12. The molecule has 1 unspecified atom stereocenters. The molecule has 0 saturated carbocycles. The lowest BCUT2D eigenvalue weighted by molar-refractivity contribution is 0.150. The summed E-state index contributed by atoms with van der Waals surface area (Å²) in [6.07, 6.45) is 0.832. The van der Waals surface area contributed by atoms with Crippen molar-refractivity contribution in [2.75, 3.05) is 13.2 Å². The molecule has 1 heterocycles. The molecule has 3 N–H and O–H groups in total. The van der Waals surface area contributed by atoms with E-state index in [1.807, 2.05) is 18.4 Å². The minimum atomic E-state index is -0.187. The third-order valence-electron chi connectivity index (χ3n) is 2.15. The van der Waals surface area contributed by atoms with Crippen LogP contribution in [0.4, 0.5) is 0 Å². The summed E-state index contributed by atoms with van der Waals surface area (Å²) in [6.45, 7) is 2.64. The van der Waals surface area contributed by atoms with E-state index in [1.54, 1.807) is 11.3 Å². The van der Waals surface area contributed by atoms with E-state index >= 15 is 0 Å². The van der Waals surface area contributed by atoms with E-state index in [0.29, 0.717) is 6.54 Å². The van der Waals surface area contributed by atoms with Gasteiger partial charge in [-0.15, -0.1) is 11.3 Å². The molecule has 0 aliphatic rings. The van der Waals surface area contributed by atoms with Crippen LogP contribution >= 0.6 is 27.3 Å². The highest BCUT2D eigenvalue weighted by molar-refractivity contribution is 9.10. The molecule has 0 radical (unpaired) electrons. The Kier molecular flexibility index (Phi) is 3.91. The van der Waals surface area contributed by atoms with Gasteiger partial charge in [-0.05, 0) is 33.8 Å². The van der Waals surface area contributed by atoms with E-state index in [1.165, 1.54) is 4.88 Å². The van der Waals surface area contributed by atoms with Crippen LogP contribution in [0.5, 0.6) is 0 Å². The van der Waals surface area contributed by atoms with Crippen molar-refractivity contribution in [3.05, 3.63) is 20.8 Å². The summed E-state index contributed by atoms with van der Waals surface area (Å²) in [5.41, 5.74) is 5.43. The molecule has 0 saturated heterocycles. The molecule has 0 aliphatic carbocycles. The van der Waals surface area contributed by atoms with E-state index in [-0.39, 0.29) is 12.0 Å². The van der Waals surface area contributed by atoms with Crippen LogP contribution in [0.25, 0.3) is 0 Å². The first-order valence-corrected chi connectivity index (χ1v) is 5.81. The normalized spacial score (nSPS) is 15.7. The Balaban J connectivity index is 2.73. The van der Waals surface area contributed by atoms with Gasteiger partial charge in [-0.2, -0.15) is 0 Å². The summed E-state index contributed by atoms with van der Waals surface area (Å²) in [6, 6.07) is 2.02. The third kappa shape index (κ3) is 2.77. The molecule has 2 nitrogen and oxygen atoms in total. The highest BCUT2D eigenvalue weighted by Gasteiger charge is 2.23. The highest BCUT2D eigenvalue weighted by Crippen LogP contribution is 2.29. The molecule has 4 heteroatoms. The smallest absolute Gasteiger partial charge is 0.0500 e. The van der Waals surface area contributed by atoms with E-state index < -0.39 is 0 Å². The van der Waals surface area contributed by atoms with E-state index in [0.717, 1.165) is 10.9 Å². The molecule has 1 rings (SSSR count). The lowest BCUT2D eigenvalue weighted by Gasteiger charge is -2.24. The average molecular weight is 264 g/mol. The Hall–Kier alpha value is 0.100. The quantitative estimate of drug-likeness (QED) is 0.873. The fraction of sp³-hybridized carbons (Fsp3) is 0.556. The molecule has 0 fully saturated rings. The SMILES string of the molecule is CC(CN)(CO)Cc1sccc1Br. The van der Waals surface area contributed by atoms with Gasteiger partial charge in [0.2, 0.25) is 0 Å². The fourth-order valence-corrected chi connectivity index (χ4v) is 2.74. The highest BCUT2D eigenvalue weighted by atomic mass is 79.9. The predicted octanol–water partition coefficient (Wildman–Crippen LogP) is 2.01. The number of thiophene rings is 1. The van der Waals surface area contributed by atoms with Crippen molar-refractivity contribution in [2.24, 2.45) is 11.1 Å². The molecular formula is C9H14BrNOS. The summed E-state index contributed by atoms with van der Waals surface area (Å²) in [5, 5.41) is 11.2. The van der Waals surface area contributed by atoms with E-state index in [2.05, 4.69) is 15.9 Å². The van der Waals surface area contributed by atoms with Gasteiger partial charge in [-0.1, -0.05) is 6.92 Å². The molecule has 0 amide bonds. The van der Waals surface area contributed by atoms with Gasteiger partial charge < -0.3 is 10.8 Å². The van der Waals surface area contributed by atoms with Gasteiger partial charge in [-0.25, -0.2) is 0 Å². The van der Waals surface area contributed by atoms with Crippen LogP contribution in [0.2, 0.25) is 0 Å². The molecule has 1 atom stereocenters. The monoisotopic (exact) mass is 263 g/mol. The summed E-state index contributed by atoms with van der Waals surface area (Å²) in [5.74, 6) is 0. The molecule has 0 aliphatic heterocycles. The van der Waals surface area contributed by atoms with Crippen molar-refractivity contribution >= 4 is 27.3 Å². The molecule has 13 heavy (non-hydrogen) atoms. The first-order chi connectivity index (χ1) is 6.11. The zero-order valence-electron chi connectivity index (χ0n) is 7.59. The topological polar surface area (TPSA) is 46.2 Å². The van der Waals surface area contributed by atoms with Gasteiger partial charge in [0.05, 0.1) is 0 Å². The molecule has 1 aromatic rings. The second kappa shape index (κ2) is 4.55. The fourth-order valence-electron chi connectivity index (χ4n) is 1.03. The number of aliphatic hydroxyl groups excluding tert-OH is 1. The predicted molar refractivity (Wildman–Crippen MR) is 60.0 cm³/mol. The van der Waals surface area contributed by atoms with Gasteiger partial charge in [-0.3, -0.25) is 0 Å². The third-order valence-corrected chi connectivity index (χ3v) is 4.08. The van der Waals surface area contributed by atoms with Crippen molar-refractivity contribution in [1.82, 2.24) is 0 Å². The Morgan fingerprint density at radius 3 is 2.77 bits per heavy atom. The zero-order chi connectivity index (χ0) is 9.90. The summed E-state index contributed by atoms with van der Waals surface area (Å²) in [4.78, 5) is 1.25. The van der Waals surface area contributed by atoms with Crippen LogP contribution in [-0.2, 0) is 6.42 Å². The number of hydrogen-bond donors (Lipinski definition) is 2. The van der Waals surface area contributed by atoms with E-state index in [9.17, 15) is 5.11 Å². The molecule has 74 valence electrons. The van der Waals surface area contributed by atoms with Gasteiger partial charge in [0.25, 0.3) is 0 Å². The van der Waals surface area contributed by atoms with Crippen LogP contribution in [0.15, 0.2) is 15.9 Å². The van der Waals surface area contributed by atoms with Crippen molar-refractivity contribution in [3.63, 3.8) is 0 Å². The minimum Gasteiger partial charge on any atom is -0.396 e. The van der Waals surface area contributed by atoms with Gasteiger partial charge in [0.15, 0.2) is 0 Å². The number of aliphatic hydroxyl groups is 1. The second-order valence-corrected chi connectivity index (χ2v) is 5.40. The molecule has 1 aromatic heterocycles. The first-order valence-electron chi connectivity index (χ1n) is 4.14. The van der Waals surface area contributed by atoms with Gasteiger partial charge in [0.1, 0.15) is 0 Å². The summed E-state index contributed by atoms with van der Waals surface area (Å²) in [7, 11) is 0. The van der Waals surface area contributed by atoms with Gasteiger partial charge in [0, 0.05) is 27.9 Å². The van der Waals surface area contributed by atoms with Crippen LogP contribution in [-0.4, -0.2) is 18.3 Å². The molecular weight excluding hydrogens is 250 g/mol. The van der Waals surface area contributed by atoms with Crippen molar-refractivity contribution < 1.29 is 5.11 Å². The molecule has 0 bridgehead atoms. The van der Waals surface area contributed by atoms with Crippen LogP contribution in [0.3, 0.4) is 0 Å². The lowest BCUT2D eigenvalue weighted by atomic mass is 9.87. The molecule has 0 aromatic carbocycles. The van der Waals surface area contributed by atoms with Gasteiger partial charge >= 0.3 is 0 Å². The number of nitrogens with two attached hydrogens (primary N) is 1. The van der Waals surface area contributed by atoms with Crippen molar-refractivity contribution in [1.29, 1.82) is 0 Å². The Morgan fingerprint density at radius 2 is 2.38 bits per heavy atom. The lowest BCUT2D eigenvalue weighted by Crippen LogP contribution is -2.33. The maximum atomic E-state index is 9.18. The van der Waals surface area contributed by atoms with Crippen molar-refractivity contribution in [2.45, 2.75) is 13.3 Å². The Bertz CT molecular complexity index is 270. The van der Waals surface area contributed by atoms with Crippen LogP contribution in [0, 0.1) is 5.41 Å². The Labute approximate surface area is 90.9 Å². The maximum Gasteiger partial charge on any atom is 0.0500 e. The van der Waals surface area contributed by atoms with Crippen LogP contribution < -0.4 is 5.73 Å². The molecule has 0 spiro atoms. The van der Waals surface area contributed by atoms with Crippen LogP contribution in [0.1, 0.15) is 11.8 Å². The number of rotatable bonds is 4. The van der Waals surface area contributed by atoms with E-state index in [4.69, 9.17) is 5.73 Å². The first kappa shape index (κ1) is 11.2.